The fraction of sp³-hybridized carbons (Fsp3) is 0.409. The van der Waals surface area contributed by atoms with E-state index in [2.05, 4.69) is 14.9 Å². The summed E-state index contributed by atoms with van der Waals surface area (Å²) in [6, 6.07) is 5.12. The Balaban J connectivity index is 1.58. The van der Waals surface area contributed by atoms with Gasteiger partial charge in [-0.25, -0.2) is 9.78 Å². The molecule has 0 spiro atoms. The zero-order chi connectivity index (χ0) is 22.2. The van der Waals surface area contributed by atoms with Gasteiger partial charge in [0, 0.05) is 43.7 Å². The molecule has 164 valence electrons. The van der Waals surface area contributed by atoms with Crippen LogP contribution in [0.4, 0.5) is 10.6 Å². The summed E-state index contributed by atoms with van der Waals surface area (Å²) in [6.07, 6.45) is 2.60. The van der Waals surface area contributed by atoms with E-state index < -0.39 is 5.60 Å². The van der Waals surface area contributed by atoms with Crippen LogP contribution < -0.4 is 15.1 Å². The Morgan fingerprint density at radius 2 is 1.90 bits per heavy atom. The highest BCUT2D eigenvalue weighted by molar-refractivity contribution is 5.88. The van der Waals surface area contributed by atoms with E-state index >= 15 is 0 Å². The molecule has 0 radical (unpaired) electrons. The molecule has 1 fully saturated rings. The van der Waals surface area contributed by atoms with Crippen molar-refractivity contribution in [3.05, 3.63) is 41.0 Å². The number of ether oxygens (including phenoxy) is 2. The molecule has 1 amide bonds. The molecule has 0 saturated carbocycles. The SMILES string of the molecule is COc1cc2[nH]c(N3CCN(C(=O)OC(C)(C)C)CC3)cc(=O)c2cc1-c1cnco1. The first-order chi connectivity index (χ1) is 14.7. The fourth-order valence-electron chi connectivity index (χ4n) is 3.60. The third-order valence-corrected chi connectivity index (χ3v) is 5.11. The Kier molecular flexibility index (Phi) is 5.34. The average Bonchev–Trinajstić information content (AvgIpc) is 3.26. The average molecular weight is 426 g/mol. The first-order valence-electron chi connectivity index (χ1n) is 10.1. The normalized spacial score (nSPS) is 14.7. The number of oxazole rings is 1. The van der Waals surface area contributed by atoms with E-state index in [1.807, 2.05) is 20.8 Å². The van der Waals surface area contributed by atoms with Gasteiger partial charge in [0.15, 0.2) is 17.6 Å². The predicted molar refractivity (Wildman–Crippen MR) is 117 cm³/mol. The van der Waals surface area contributed by atoms with Crippen LogP contribution in [0.15, 0.2) is 40.0 Å². The largest absolute Gasteiger partial charge is 0.496 e. The van der Waals surface area contributed by atoms with Gasteiger partial charge < -0.3 is 28.7 Å². The quantitative estimate of drug-likeness (QED) is 0.686. The number of fused-ring (bicyclic) bond motifs is 1. The number of H-pyrrole nitrogens is 1. The highest BCUT2D eigenvalue weighted by Crippen LogP contribution is 2.33. The number of nitrogens with zero attached hydrogens (tertiary/aromatic N) is 3. The molecule has 9 heteroatoms. The lowest BCUT2D eigenvalue weighted by molar-refractivity contribution is 0.0240. The van der Waals surface area contributed by atoms with E-state index in [-0.39, 0.29) is 11.5 Å². The van der Waals surface area contributed by atoms with Crippen molar-refractivity contribution in [2.24, 2.45) is 0 Å². The van der Waals surface area contributed by atoms with E-state index in [0.29, 0.717) is 60.0 Å². The summed E-state index contributed by atoms with van der Waals surface area (Å²) >= 11 is 0. The Morgan fingerprint density at radius 1 is 1.16 bits per heavy atom. The third kappa shape index (κ3) is 4.35. The van der Waals surface area contributed by atoms with Crippen LogP contribution in [0.3, 0.4) is 0 Å². The molecule has 4 rings (SSSR count). The number of nitrogens with one attached hydrogen (secondary N) is 1. The summed E-state index contributed by atoms with van der Waals surface area (Å²) in [5.41, 5.74) is 0.692. The van der Waals surface area contributed by atoms with E-state index in [4.69, 9.17) is 13.9 Å². The van der Waals surface area contributed by atoms with Gasteiger partial charge in [0.2, 0.25) is 0 Å². The Morgan fingerprint density at radius 3 is 2.52 bits per heavy atom. The van der Waals surface area contributed by atoms with Gasteiger partial charge >= 0.3 is 6.09 Å². The van der Waals surface area contributed by atoms with Gasteiger partial charge in [0.1, 0.15) is 17.2 Å². The summed E-state index contributed by atoms with van der Waals surface area (Å²) < 4.78 is 16.3. The van der Waals surface area contributed by atoms with Gasteiger partial charge in [-0.2, -0.15) is 0 Å². The first-order valence-corrected chi connectivity index (χ1v) is 10.1. The number of methoxy groups -OCH3 is 1. The number of pyridine rings is 1. The van der Waals surface area contributed by atoms with Crippen molar-refractivity contribution < 1.29 is 18.7 Å². The summed E-state index contributed by atoms with van der Waals surface area (Å²) in [5, 5.41) is 0.531. The summed E-state index contributed by atoms with van der Waals surface area (Å²) in [7, 11) is 1.57. The summed E-state index contributed by atoms with van der Waals surface area (Å²) in [4.78, 5) is 36.2. The van der Waals surface area contributed by atoms with Gasteiger partial charge in [0.05, 0.1) is 24.4 Å². The van der Waals surface area contributed by atoms with Crippen LogP contribution in [-0.2, 0) is 4.74 Å². The van der Waals surface area contributed by atoms with Gasteiger partial charge in [-0.05, 0) is 26.8 Å². The number of hydrogen-bond acceptors (Lipinski definition) is 7. The number of amides is 1. The number of rotatable bonds is 3. The lowest BCUT2D eigenvalue weighted by atomic mass is 10.1. The highest BCUT2D eigenvalue weighted by atomic mass is 16.6. The van der Waals surface area contributed by atoms with Crippen LogP contribution in [0.5, 0.6) is 5.75 Å². The molecule has 31 heavy (non-hydrogen) atoms. The summed E-state index contributed by atoms with van der Waals surface area (Å²) in [6.45, 7) is 7.77. The number of carbonyl (C=O) groups is 1. The molecule has 1 N–H and O–H groups in total. The number of hydrogen-bond donors (Lipinski definition) is 1. The molecule has 1 aliphatic rings. The van der Waals surface area contributed by atoms with Gasteiger partial charge in [-0.15, -0.1) is 0 Å². The number of benzene rings is 1. The van der Waals surface area contributed by atoms with Crippen molar-refractivity contribution in [1.82, 2.24) is 14.9 Å². The maximum absolute atomic E-state index is 12.9. The van der Waals surface area contributed by atoms with Crippen LogP contribution in [0.25, 0.3) is 22.2 Å². The molecule has 1 aromatic carbocycles. The molecule has 2 aromatic heterocycles. The van der Waals surface area contributed by atoms with Crippen molar-refractivity contribution in [3.8, 4) is 17.1 Å². The molecule has 0 unspecified atom stereocenters. The molecule has 1 aliphatic heterocycles. The van der Waals surface area contributed by atoms with E-state index in [9.17, 15) is 9.59 Å². The fourth-order valence-corrected chi connectivity index (χ4v) is 3.60. The number of aromatic amines is 1. The molecule has 1 saturated heterocycles. The van der Waals surface area contributed by atoms with Gasteiger partial charge in [0.25, 0.3) is 0 Å². The van der Waals surface area contributed by atoms with Crippen LogP contribution >= 0.6 is 0 Å². The van der Waals surface area contributed by atoms with Crippen LogP contribution in [0.1, 0.15) is 20.8 Å². The van der Waals surface area contributed by atoms with Crippen LogP contribution in [0.2, 0.25) is 0 Å². The number of carbonyl (C=O) groups excluding carboxylic acids is 1. The number of aromatic nitrogens is 2. The maximum Gasteiger partial charge on any atom is 0.410 e. The Hall–Kier alpha value is -3.49. The Bertz CT molecular complexity index is 1140. The minimum Gasteiger partial charge on any atom is -0.496 e. The van der Waals surface area contributed by atoms with Crippen molar-refractivity contribution >= 4 is 22.8 Å². The lowest BCUT2D eigenvalue weighted by Crippen LogP contribution is -2.50. The van der Waals surface area contributed by atoms with Gasteiger partial charge in [-0.3, -0.25) is 4.79 Å². The van der Waals surface area contributed by atoms with Crippen molar-refractivity contribution in [1.29, 1.82) is 0 Å². The second-order valence-corrected chi connectivity index (χ2v) is 8.44. The second-order valence-electron chi connectivity index (χ2n) is 8.44. The van der Waals surface area contributed by atoms with E-state index in [1.165, 1.54) is 6.39 Å². The molecule has 0 atom stereocenters. The molecule has 9 nitrogen and oxygen atoms in total. The third-order valence-electron chi connectivity index (χ3n) is 5.11. The van der Waals surface area contributed by atoms with Crippen molar-refractivity contribution in [2.75, 3.05) is 38.2 Å². The molecular formula is C22H26N4O5. The molecule has 0 bridgehead atoms. The van der Waals surface area contributed by atoms with Crippen LogP contribution in [0, 0.1) is 0 Å². The van der Waals surface area contributed by atoms with E-state index in [0.717, 1.165) is 0 Å². The number of anilines is 1. The standard InChI is InChI=1S/C22H26N4O5/c1-22(2,3)31-21(28)26-7-5-25(6-8-26)20-11-17(27)14-9-15(19-12-23-13-30-19)18(29-4)10-16(14)24-20/h9-13H,5-8H2,1-4H3,(H,24,27). The zero-order valence-corrected chi connectivity index (χ0v) is 18.1. The minimum absolute atomic E-state index is 0.109. The topological polar surface area (TPSA) is 101 Å². The van der Waals surface area contributed by atoms with Gasteiger partial charge in [-0.1, -0.05) is 0 Å². The first kappa shape index (κ1) is 20.8. The Labute approximate surface area is 179 Å². The van der Waals surface area contributed by atoms with Crippen LogP contribution in [-0.4, -0.2) is 59.9 Å². The zero-order valence-electron chi connectivity index (χ0n) is 18.1. The lowest BCUT2D eigenvalue weighted by Gasteiger charge is -2.36. The molecule has 0 aliphatic carbocycles. The smallest absolute Gasteiger partial charge is 0.410 e. The molecule has 3 aromatic rings. The minimum atomic E-state index is -0.526. The van der Waals surface area contributed by atoms with Crippen molar-refractivity contribution in [3.63, 3.8) is 0 Å². The van der Waals surface area contributed by atoms with Crippen molar-refractivity contribution in [2.45, 2.75) is 26.4 Å². The number of piperazine rings is 1. The second kappa shape index (κ2) is 7.98. The van der Waals surface area contributed by atoms with E-state index in [1.54, 1.807) is 36.4 Å². The summed E-state index contributed by atoms with van der Waals surface area (Å²) in [5.74, 6) is 1.81. The predicted octanol–water partition coefficient (Wildman–Crippen LogP) is 3.25. The maximum atomic E-state index is 12.9. The molecular weight excluding hydrogens is 400 g/mol. The monoisotopic (exact) mass is 426 g/mol. The molecule has 3 heterocycles. The highest BCUT2D eigenvalue weighted by Gasteiger charge is 2.26.